The summed E-state index contributed by atoms with van der Waals surface area (Å²) in [6.45, 7) is 4.77. The Kier molecular flexibility index (Phi) is 7.49. The van der Waals surface area contributed by atoms with Crippen molar-refractivity contribution in [3.63, 3.8) is 0 Å². The number of rotatable bonds is 5. The minimum Gasteiger partial charge on any atom is -0.455 e. The van der Waals surface area contributed by atoms with Crippen LogP contribution in [-0.2, 0) is 10.8 Å². The van der Waals surface area contributed by atoms with E-state index in [1.165, 1.54) is 98.0 Å². The molecule has 0 amide bonds. The van der Waals surface area contributed by atoms with Gasteiger partial charge in [0.05, 0.1) is 11.1 Å². The van der Waals surface area contributed by atoms with Gasteiger partial charge in [-0.2, -0.15) is 0 Å². The van der Waals surface area contributed by atoms with Crippen LogP contribution in [0.25, 0.3) is 77.2 Å². The van der Waals surface area contributed by atoms with Crippen LogP contribution >= 0.6 is 0 Å². The van der Waals surface area contributed by atoms with Gasteiger partial charge >= 0.3 is 0 Å². The average Bonchev–Trinajstić information content (AvgIpc) is 4.16. The number of furan rings is 1. The molecule has 10 aromatic rings. The summed E-state index contributed by atoms with van der Waals surface area (Å²) in [6.07, 6.45) is 5.28. The van der Waals surface area contributed by atoms with Crippen molar-refractivity contribution in [2.24, 2.45) is 11.8 Å². The van der Waals surface area contributed by atoms with Crippen LogP contribution in [0.1, 0.15) is 61.8 Å². The molecule has 4 aliphatic rings. The first-order valence-corrected chi connectivity index (χ1v) is 23.3. The Morgan fingerprint density at radius 3 is 1.95 bits per heavy atom. The number of anilines is 3. The number of nitrogens with zero attached hydrogens (tertiary/aromatic N) is 1. The molecule has 0 radical (unpaired) electrons. The summed E-state index contributed by atoms with van der Waals surface area (Å²) in [5.74, 6) is 1.49. The molecular weight excluding hydrogens is 775 g/mol. The molecule has 1 aromatic heterocycles. The normalized spacial score (nSPS) is 19.7. The number of hydrogen-bond donors (Lipinski definition) is 0. The standard InChI is InChI=1S/C62H47NO/c1-61(2)53-21-9-7-18-48(53)51-20-11-19-50(59(51)61)46-16-6-5-14-44(46)40-26-30-42(31-27-40)63(56-23-12-24-57-58(56)52-33-28-39-13-3-4-15-45(39)60(52)64-57)43-32-34-49-47-17-8-10-22-54(47)62(55(49)36-43)37-38-25-29-41(62)35-38/h3-24,26-28,30-34,36,38,41H,25,29,35,37H2,1-2H3. The van der Waals surface area contributed by atoms with E-state index in [2.05, 4.69) is 207 Å². The van der Waals surface area contributed by atoms with Gasteiger partial charge in [0.1, 0.15) is 11.2 Å². The molecule has 3 atom stereocenters. The lowest BCUT2D eigenvalue weighted by Gasteiger charge is -2.37. The molecule has 9 aromatic carbocycles. The Morgan fingerprint density at radius 2 is 1.16 bits per heavy atom. The van der Waals surface area contributed by atoms with Crippen molar-refractivity contribution in [2.75, 3.05) is 4.90 Å². The Balaban J connectivity index is 0.955. The quantitative estimate of drug-likeness (QED) is 0.172. The Morgan fingerprint density at radius 1 is 0.500 bits per heavy atom. The minimum atomic E-state index is -0.113. The molecule has 306 valence electrons. The highest BCUT2D eigenvalue weighted by molar-refractivity contribution is 6.19. The lowest BCUT2D eigenvalue weighted by molar-refractivity contribution is 0.327. The zero-order valence-corrected chi connectivity index (χ0v) is 36.2. The van der Waals surface area contributed by atoms with Gasteiger partial charge in [0.15, 0.2) is 0 Å². The van der Waals surface area contributed by atoms with E-state index in [1.807, 2.05) is 0 Å². The van der Waals surface area contributed by atoms with Crippen LogP contribution in [0.2, 0.25) is 0 Å². The fraction of sp³-hybridized carbons (Fsp3) is 0.161. The molecule has 2 bridgehead atoms. The molecule has 2 nitrogen and oxygen atoms in total. The van der Waals surface area contributed by atoms with Crippen LogP contribution in [0.4, 0.5) is 17.1 Å². The molecule has 4 aliphatic carbocycles. The third kappa shape index (κ3) is 4.86. The number of hydrogen-bond acceptors (Lipinski definition) is 2. The van der Waals surface area contributed by atoms with Crippen LogP contribution in [0, 0.1) is 11.8 Å². The first kappa shape index (κ1) is 36.3. The molecule has 2 fully saturated rings. The fourth-order valence-corrected chi connectivity index (χ4v) is 13.5. The Bertz CT molecular complexity index is 3570. The van der Waals surface area contributed by atoms with E-state index in [0.717, 1.165) is 44.6 Å². The van der Waals surface area contributed by atoms with Crippen molar-refractivity contribution in [1.29, 1.82) is 0 Å². The lowest BCUT2D eigenvalue weighted by Crippen LogP contribution is -2.32. The van der Waals surface area contributed by atoms with E-state index >= 15 is 0 Å². The zero-order valence-electron chi connectivity index (χ0n) is 36.2. The smallest absolute Gasteiger partial charge is 0.143 e. The van der Waals surface area contributed by atoms with Crippen LogP contribution in [0.3, 0.4) is 0 Å². The Labute approximate surface area is 374 Å². The lowest BCUT2D eigenvalue weighted by atomic mass is 9.67. The van der Waals surface area contributed by atoms with Crippen LogP contribution in [0.15, 0.2) is 192 Å². The highest BCUT2D eigenvalue weighted by Gasteiger charge is 2.56. The third-order valence-corrected chi connectivity index (χ3v) is 16.1. The Hall–Kier alpha value is -7.16. The number of fused-ring (bicyclic) bond motifs is 16. The van der Waals surface area contributed by atoms with E-state index in [9.17, 15) is 0 Å². The first-order valence-electron chi connectivity index (χ1n) is 23.3. The summed E-state index contributed by atoms with van der Waals surface area (Å²) >= 11 is 0. The minimum absolute atomic E-state index is 0.0743. The van der Waals surface area contributed by atoms with Gasteiger partial charge in [-0.3, -0.25) is 0 Å². The highest BCUT2D eigenvalue weighted by atomic mass is 16.3. The topological polar surface area (TPSA) is 16.4 Å². The maximum atomic E-state index is 6.83. The zero-order chi connectivity index (χ0) is 42.3. The SMILES string of the molecule is CC1(C)c2ccccc2-c2cccc(-c3ccccc3-c3ccc(N(c4ccc5c(c4)C4(CC6CCC4C6)c4ccccc4-5)c4cccc5oc6c7ccccc7ccc6c45)cc3)c21. The van der Waals surface area contributed by atoms with E-state index in [-0.39, 0.29) is 10.8 Å². The van der Waals surface area contributed by atoms with Gasteiger partial charge in [-0.25, -0.2) is 0 Å². The molecule has 2 heteroatoms. The summed E-state index contributed by atoms with van der Waals surface area (Å²) < 4.78 is 6.83. The highest BCUT2D eigenvalue weighted by Crippen LogP contribution is 2.66. The third-order valence-electron chi connectivity index (χ3n) is 16.1. The van der Waals surface area contributed by atoms with Crippen LogP contribution < -0.4 is 4.90 Å². The van der Waals surface area contributed by atoms with Gasteiger partial charge in [0.25, 0.3) is 0 Å². The maximum absolute atomic E-state index is 6.83. The molecule has 64 heavy (non-hydrogen) atoms. The molecule has 0 saturated heterocycles. The first-order chi connectivity index (χ1) is 31.5. The second-order valence-electron chi connectivity index (χ2n) is 19.6. The van der Waals surface area contributed by atoms with E-state index in [4.69, 9.17) is 4.42 Å². The molecule has 1 spiro atoms. The molecule has 0 N–H and O–H groups in total. The number of benzene rings is 9. The van der Waals surface area contributed by atoms with Crippen molar-refractivity contribution in [1.82, 2.24) is 0 Å². The molecule has 0 aliphatic heterocycles. The van der Waals surface area contributed by atoms with E-state index in [1.54, 1.807) is 5.56 Å². The maximum Gasteiger partial charge on any atom is 0.143 e. The predicted octanol–water partition coefficient (Wildman–Crippen LogP) is 16.9. The summed E-state index contributed by atoms with van der Waals surface area (Å²) in [4.78, 5) is 2.51. The summed E-state index contributed by atoms with van der Waals surface area (Å²) in [7, 11) is 0. The summed E-state index contributed by atoms with van der Waals surface area (Å²) in [5, 5.41) is 4.60. The molecule has 14 rings (SSSR count). The van der Waals surface area contributed by atoms with Crippen molar-refractivity contribution in [2.45, 2.75) is 50.4 Å². The molecular formula is C62H47NO. The predicted molar refractivity (Wildman–Crippen MR) is 266 cm³/mol. The van der Waals surface area contributed by atoms with Gasteiger partial charge < -0.3 is 9.32 Å². The molecule has 1 heterocycles. The second kappa shape index (κ2) is 13.2. The van der Waals surface area contributed by atoms with Crippen LogP contribution in [0.5, 0.6) is 0 Å². The second-order valence-corrected chi connectivity index (χ2v) is 19.6. The van der Waals surface area contributed by atoms with Gasteiger partial charge in [-0.05, 0) is 146 Å². The van der Waals surface area contributed by atoms with Crippen molar-refractivity contribution < 1.29 is 4.42 Å². The monoisotopic (exact) mass is 821 g/mol. The summed E-state index contributed by atoms with van der Waals surface area (Å²) in [6, 6.07) is 70.5. The van der Waals surface area contributed by atoms with E-state index < -0.39 is 0 Å². The van der Waals surface area contributed by atoms with Crippen molar-refractivity contribution >= 4 is 49.8 Å². The van der Waals surface area contributed by atoms with Gasteiger partial charge in [-0.1, -0.05) is 166 Å². The van der Waals surface area contributed by atoms with Crippen LogP contribution in [-0.4, -0.2) is 0 Å². The molecule has 2 saturated carbocycles. The van der Waals surface area contributed by atoms with Gasteiger partial charge in [-0.15, -0.1) is 0 Å². The van der Waals surface area contributed by atoms with Crippen molar-refractivity contribution in [3.8, 4) is 44.5 Å². The summed E-state index contributed by atoms with van der Waals surface area (Å²) in [5.41, 5.74) is 21.7. The van der Waals surface area contributed by atoms with E-state index in [0.29, 0.717) is 5.92 Å². The van der Waals surface area contributed by atoms with Gasteiger partial charge in [0, 0.05) is 33.0 Å². The molecule has 3 unspecified atom stereocenters. The fourth-order valence-electron chi connectivity index (χ4n) is 13.5. The van der Waals surface area contributed by atoms with Gasteiger partial charge in [0.2, 0.25) is 0 Å². The average molecular weight is 822 g/mol. The van der Waals surface area contributed by atoms with Crippen molar-refractivity contribution in [3.05, 3.63) is 210 Å². The largest absolute Gasteiger partial charge is 0.455 e.